The van der Waals surface area contributed by atoms with E-state index in [9.17, 15) is 4.79 Å². The molecule has 1 unspecified atom stereocenters. The Kier molecular flexibility index (Phi) is 5.32. The number of hydrogen-bond acceptors (Lipinski definition) is 3. The number of para-hydroxylation sites is 1. The lowest BCUT2D eigenvalue weighted by Gasteiger charge is -2.39. The molecule has 2 atom stereocenters. The highest BCUT2D eigenvalue weighted by Crippen LogP contribution is 2.27. The second-order valence-corrected chi connectivity index (χ2v) is 8.82. The number of nitrogens with zero attached hydrogens (tertiary/aromatic N) is 2. The molecule has 1 amide bonds. The lowest BCUT2D eigenvalue weighted by molar-refractivity contribution is -0.895. The smallest absolute Gasteiger partial charge is 0.278 e. The third-order valence-corrected chi connectivity index (χ3v) is 6.84. The maximum absolute atomic E-state index is 13.1. The van der Waals surface area contributed by atoms with Crippen molar-refractivity contribution in [3.63, 3.8) is 0 Å². The molecule has 2 N–H and O–H groups in total. The Labute approximate surface area is 183 Å². The summed E-state index contributed by atoms with van der Waals surface area (Å²) in [6.07, 6.45) is 0.908. The van der Waals surface area contributed by atoms with E-state index >= 15 is 0 Å². The number of hydrogen-bond donors (Lipinski definition) is 2. The van der Waals surface area contributed by atoms with Crippen LogP contribution < -0.4 is 14.5 Å². The molecular weight excluding hydrogens is 388 g/mol. The van der Waals surface area contributed by atoms with Crippen LogP contribution >= 0.6 is 0 Å². The zero-order chi connectivity index (χ0) is 21.4. The first-order chi connectivity index (χ1) is 15.1. The monoisotopic (exact) mass is 419 g/mol. The molecule has 0 saturated carbocycles. The van der Waals surface area contributed by atoms with Crippen LogP contribution in [0.25, 0.3) is 10.9 Å². The molecule has 0 aliphatic carbocycles. The molecule has 0 bridgehead atoms. The fourth-order valence-corrected chi connectivity index (χ4v) is 5.17. The van der Waals surface area contributed by atoms with Gasteiger partial charge >= 0.3 is 0 Å². The van der Waals surface area contributed by atoms with Crippen molar-refractivity contribution in [2.45, 2.75) is 25.9 Å². The van der Waals surface area contributed by atoms with Gasteiger partial charge in [-0.25, -0.2) is 0 Å². The molecule has 1 aromatic heterocycles. The number of carbonyl (C=O) groups is 1. The van der Waals surface area contributed by atoms with Gasteiger partial charge in [-0.1, -0.05) is 24.3 Å². The summed E-state index contributed by atoms with van der Waals surface area (Å²) in [4.78, 5) is 22.5. The average Bonchev–Trinajstić information content (AvgIpc) is 3.17. The van der Waals surface area contributed by atoms with Crippen LogP contribution in [-0.4, -0.2) is 61.7 Å². The van der Waals surface area contributed by atoms with Crippen molar-refractivity contribution in [2.75, 3.05) is 44.7 Å². The first-order valence-electron chi connectivity index (χ1n) is 11.2. The largest absolute Gasteiger partial charge is 0.497 e. The number of fused-ring (bicyclic) bond motifs is 3. The maximum atomic E-state index is 13.1. The Morgan fingerprint density at radius 1 is 1.19 bits per heavy atom. The van der Waals surface area contributed by atoms with Crippen molar-refractivity contribution in [3.8, 4) is 5.75 Å². The SMILES string of the molecule is COc1cccc(N2CC[NH+](CC(=O)N3CCc4[nH]c5ccccc5c4C3)C[C@@H]2C)c1. The summed E-state index contributed by atoms with van der Waals surface area (Å²) in [6.45, 7) is 7.24. The van der Waals surface area contributed by atoms with E-state index in [1.54, 1.807) is 7.11 Å². The van der Waals surface area contributed by atoms with Crippen molar-refractivity contribution < 1.29 is 14.4 Å². The number of amides is 1. The van der Waals surface area contributed by atoms with Gasteiger partial charge in [0.2, 0.25) is 0 Å². The van der Waals surface area contributed by atoms with Crippen LogP contribution in [0.2, 0.25) is 0 Å². The summed E-state index contributed by atoms with van der Waals surface area (Å²) in [5.74, 6) is 1.16. The molecule has 31 heavy (non-hydrogen) atoms. The predicted molar refractivity (Wildman–Crippen MR) is 123 cm³/mol. The second-order valence-electron chi connectivity index (χ2n) is 8.82. The molecule has 1 fully saturated rings. The lowest BCUT2D eigenvalue weighted by Crippen LogP contribution is -3.16. The average molecular weight is 420 g/mol. The lowest BCUT2D eigenvalue weighted by atomic mass is 10.0. The van der Waals surface area contributed by atoms with Gasteiger partial charge in [0.25, 0.3) is 5.91 Å². The molecule has 3 aromatic rings. The molecule has 5 rings (SSSR count). The quantitative estimate of drug-likeness (QED) is 0.679. The number of anilines is 1. The first kappa shape index (κ1) is 19.9. The van der Waals surface area contributed by atoms with Crippen LogP contribution in [0.3, 0.4) is 0 Å². The molecule has 1 saturated heterocycles. The number of ether oxygens (including phenoxy) is 1. The number of piperazine rings is 1. The molecule has 2 aliphatic rings. The number of nitrogens with one attached hydrogen (secondary N) is 2. The molecular formula is C25H31N4O2+. The third kappa shape index (κ3) is 3.88. The van der Waals surface area contributed by atoms with Crippen LogP contribution in [0, 0.1) is 0 Å². The van der Waals surface area contributed by atoms with E-state index in [4.69, 9.17) is 4.74 Å². The number of aromatic nitrogens is 1. The van der Waals surface area contributed by atoms with E-state index in [0.717, 1.165) is 44.9 Å². The van der Waals surface area contributed by atoms with E-state index in [0.29, 0.717) is 12.6 Å². The van der Waals surface area contributed by atoms with Crippen LogP contribution in [0.1, 0.15) is 18.2 Å². The first-order valence-corrected chi connectivity index (χ1v) is 11.2. The number of rotatable bonds is 4. The molecule has 2 aliphatic heterocycles. The number of quaternary nitrogens is 1. The minimum Gasteiger partial charge on any atom is -0.497 e. The highest BCUT2D eigenvalue weighted by molar-refractivity contribution is 5.86. The van der Waals surface area contributed by atoms with Gasteiger partial charge in [-0.3, -0.25) is 4.79 Å². The molecule has 6 heteroatoms. The van der Waals surface area contributed by atoms with E-state index in [-0.39, 0.29) is 5.91 Å². The minimum absolute atomic E-state index is 0.271. The van der Waals surface area contributed by atoms with Crippen LogP contribution in [0.4, 0.5) is 5.69 Å². The molecule has 162 valence electrons. The second kappa shape index (κ2) is 8.27. The minimum atomic E-state index is 0.271. The Hall–Kier alpha value is -2.99. The fourth-order valence-electron chi connectivity index (χ4n) is 5.17. The highest BCUT2D eigenvalue weighted by Gasteiger charge is 2.31. The van der Waals surface area contributed by atoms with Gasteiger partial charge < -0.3 is 24.4 Å². The van der Waals surface area contributed by atoms with Gasteiger partial charge in [0, 0.05) is 53.4 Å². The number of methoxy groups -OCH3 is 1. The van der Waals surface area contributed by atoms with Gasteiger partial charge in [-0.2, -0.15) is 0 Å². The van der Waals surface area contributed by atoms with E-state index < -0.39 is 0 Å². The number of carbonyl (C=O) groups excluding carboxylic acids is 1. The van der Waals surface area contributed by atoms with Gasteiger partial charge in [0.15, 0.2) is 6.54 Å². The summed E-state index contributed by atoms with van der Waals surface area (Å²) in [6, 6.07) is 17.0. The molecule has 0 radical (unpaired) electrons. The zero-order valence-corrected chi connectivity index (χ0v) is 18.4. The topological polar surface area (TPSA) is 53.0 Å². The molecule has 0 spiro atoms. The maximum Gasteiger partial charge on any atom is 0.278 e. The Bertz CT molecular complexity index is 1090. The van der Waals surface area contributed by atoms with Crippen LogP contribution in [0.15, 0.2) is 48.5 Å². The summed E-state index contributed by atoms with van der Waals surface area (Å²) >= 11 is 0. The summed E-state index contributed by atoms with van der Waals surface area (Å²) < 4.78 is 5.38. The van der Waals surface area contributed by atoms with Crippen molar-refractivity contribution in [1.82, 2.24) is 9.88 Å². The van der Waals surface area contributed by atoms with Crippen molar-refractivity contribution in [3.05, 3.63) is 59.8 Å². The van der Waals surface area contributed by atoms with Gasteiger partial charge in [-0.15, -0.1) is 0 Å². The summed E-state index contributed by atoms with van der Waals surface area (Å²) in [7, 11) is 1.70. The summed E-state index contributed by atoms with van der Waals surface area (Å²) in [5, 5.41) is 1.25. The van der Waals surface area contributed by atoms with Crippen molar-refractivity contribution >= 4 is 22.5 Å². The van der Waals surface area contributed by atoms with E-state index in [1.807, 2.05) is 12.1 Å². The fraction of sp³-hybridized carbons (Fsp3) is 0.400. The number of H-pyrrole nitrogens is 1. The Morgan fingerprint density at radius 2 is 2.06 bits per heavy atom. The molecule has 6 nitrogen and oxygen atoms in total. The van der Waals surface area contributed by atoms with Crippen molar-refractivity contribution in [2.24, 2.45) is 0 Å². The van der Waals surface area contributed by atoms with Crippen LogP contribution in [0.5, 0.6) is 5.75 Å². The number of aromatic amines is 1. The zero-order valence-electron chi connectivity index (χ0n) is 18.4. The Morgan fingerprint density at radius 3 is 2.90 bits per heavy atom. The molecule has 2 aromatic carbocycles. The third-order valence-electron chi connectivity index (χ3n) is 6.84. The van der Waals surface area contributed by atoms with E-state index in [1.165, 1.54) is 32.7 Å². The highest BCUT2D eigenvalue weighted by atomic mass is 16.5. The Balaban J connectivity index is 1.22. The normalized spacial score (nSPS) is 21.2. The predicted octanol–water partition coefficient (Wildman–Crippen LogP) is 1.85. The van der Waals surface area contributed by atoms with Crippen LogP contribution in [-0.2, 0) is 17.8 Å². The molecule has 3 heterocycles. The summed E-state index contributed by atoms with van der Waals surface area (Å²) in [5.41, 5.74) is 4.95. The van der Waals surface area contributed by atoms with Gasteiger partial charge in [-0.05, 0) is 25.1 Å². The van der Waals surface area contributed by atoms with Gasteiger partial charge in [0.05, 0.1) is 32.8 Å². The van der Waals surface area contributed by atoms with Gasteiger partial charge in [0.1, 0.15) is 5.75 Å². The number of benzene rings is 2. The standard InChI is InChI=1S/C25H30N4O2/c1-18-15-27(12-13-29(18)19-6-5-7-20(14-19)31-2)17-25(30)28-11-10-24-22(16-28)21-8-3-4-9-23(21)26-24/h3-9,14,18,26H,10-13,15-17H2,1-2H3/p+1/t18-/m0/s1. The van der Waals surface area contributed by atoms with Crippen molar-refractivity contribution in [1.29, 1.82) is 0 Å². The van der Waals surface area contributed by atoms with E-state index in [2.05, 4.69) is 58.1 Å².